The lowest BCUT2D eigenvalue weighted by Crippen LogP contribution is -2.36. The van der Waals surface area contributed by atoms with E-state index in [0.717, 1.165) is 43.9 Å². The van der Waals surface area contributed by atoms with Crippen molar-refractivity contribution in [1.82, 2.24) is 5.32 Å². The zero-order chi connectivity index (χ0) is 16.6. The van der Waals surface area contributed by atoms with E-state index >= 15 is 0 Å². The third-order valence-corrected chi connectivity index (χ3v) is 4.90. The number of para-hydroxylation sites is 1. The van der Waals surface area contributed by atoms with E-state index in [1.54, 1.807) is 11.8 Å². The molecule has 1 aliphatic heterocycles. The van der Waals surface area contributed by atoms with E-state index in [2.05, 4.69) is 59.0 Å². The molecule has 126 valence electrons. The monoisotopic (exact) mass is 340 g/mol. The van der Waals surface area contributed by atoms with Crippen LogP contribution in [0.4, 0.5) is 0 Å². The van der Waals surface area contributed by atoms with E-state index in [1.165, 1.54) is 10.5 Å². The van der Waals surface area contributed by atoms with Gasteiger partial charge < -0.3 is 10.1 Å². The molecular weight excluding hydrogens is 316 g/mol. The van der Waals surface area contributed by atoms with Gasteiger partial charge in [0.1, 0.15) is 11.6 Å². The standard InChI is InChI=1S/C20H24N2OS/c1-24-19-13-6-5-11-17(19)23-18(20-21-14-15-22-20)12-7-10-16-8-3-2-4-9-16/h2-6,8-9,11,13,18H,7,10,12,14-15H2,1H3,(H,21,22). The van der Waals surface area contributed by atoms with Crippen molar-refractivity contribution in [3.8, 4) is 5.75 Å². The maximum atomic E-state index is 6.34. The summed E-state index contributed by atoms with van der Waals surface area (Å²) in [6.45, 7) is 1.76. The van der Waals surface area contributed by atoms with Gasteiger partial charge in [-0.25, -0.2) is 0 Å². The topological polar surface area (TPSA) is 33.6 Å². The Bertz CT molecular complexity index is 672. The van der Waals surface area contributed by atoms with Crippen LogP contribution < -0.4 is 10.1 Å². The maximum absolute atomic E-state index is 6.34. The van der Waals surface area contributed by atoms with Gasteiger partial charge >= 0.3 is 0 Å². The molecule has 0 fully saturated rings. The molecule has 0 aliphatic carbocycles. The van der Waals surface area contributed by atoms with Gasteiger partial charge in [-0.15, -0.1) is 11.8 Å². The van der Waals surface area contributed by atoms with Gasteiger partial charge in [-0.1, -0.05) is 42.5 Å². The molecule has 2 aromatic carbocycles. The number of thioether (sulfide) groups is 1. The number of ether oxygens (including phenoxy) is 1. The van der Waals surface area contributed by atoms with Crippen molar-refractivity contribution in [3.05, 3.63) is 60.2 Å². The van der Waals surface area contributed by atoms with Gasteiger partial charge in [0, 0.05) is 11.4 Å². The van der Waals surface area contributed by atoms with Crippen LogP contribution in [0.1, 0.15) is 18.4 Å². The summed E-state index contributed by atoms with van der Waals surface area (Å²) in [6.07, 6.45) is 5.20. The van der Waals surface area contributed by atoms with Crippen LogP contribution in [-0.4, -0.2) is 31.3 Å². The highest BCUT2D eigenvalue weighted by Gasteiger charge is 2.21. The summed E-state index contributed by atoms with van der Waals surface area (Å²) < 4.78 is 6.34. The molecule has 4 heteroatoms. The van der Waals surface area contributed by atoms with Gasteiger partial charge in [-0.2, -0.15) is 0 Å². The molecule has 1 atom stereocenters. The summed E-state index contributed by atoms with van der Waals surface area (Å²) in [6, 6.07) is 18.9. The molecule has 0 amide bonds. The van der Waals surface area contributed by atoms with Gasteiger partial charge in [0.25, 0.3) is 0 Å². The van der Waals surface area contributed by atoms with Crippen LogP contribution in [0, 0.1) is 0 Å². The Hall–Kier alpha value is -1.94. The van der Waals surface area contributed by atoms with Crippen LogP contribution in [0.5, 0.6) is 5.75 Å². The number of benzene rings is 2. The van der Waals surface area contributed by atoms with Crippen LogP contribution in [0.25, 0.3) is 0 Å². The maximum Gasteiger partial charge on any atom is 0.155 e. The molecule has 1 aliphatic rings. The molecule has 1 unspecified atom stereocenters. The van der Waals surface area contributed by atoms with Crippen molar-refractivity contribution in [2.45, 2.75) is 30.3 Å². The average Bonchev–Trinajstić information content (AvgIpc) is 3.17. The van der Waals surface area contributed by atoms with Crippen molar-refractivity contribution < 1.29 is 4.74 Å². The van der Waals surface area contributed by atoms with E-state index in [0.29, 0.717) is 0 Å². The molecule has 1 N–H and O–H groups in total. The highest BCUT2D eigenvalue weighted by molar-refractivity contribution is 7.98. The van der Waals surface area contributed by atoms with Gasteiger partial charge in [-0.3, -0.25) is 4.99 Å². The van der Waals surface area contributed by atoms with Crippen LogP contribution in [0.2, 0.25) is 0 Å². The minimum Gasteiger partial charge on any atom is -0.481 e. The molecule has 0 aromatic heterocycles. The van der Waals surface area contributed by atoms with Crippen LogP contribution in [-0.2, 0) is 6.42 Å². The Morgan fingerprint density at radius 2 is 1.92 bits per heavy atom. The number of rotatable bonds is 8. The number of aryl methyl sites for hydroxylation is 1. The first-order valence-corrected chi connectivity index (χ1v) is 9.71. The fourth-order valence-corrected chi connectivity index (χ4v) is 3.42. The molecule has 0 saturated heterocycles. The molecule has 1 heterocycles. The second kappa shape index (κ2) is 8.78. The lowest BCUT2D eigenvalue weighted by Gasteiger charge is -2.21. The Morgan fingerprint density at radius 1 is 1.12 bits per heavy atom. The lowest BCUT2D eigenvalue weighted by atomic mass is 10.1. The van der Waals surface area contributed by atoms with E-state index in [1.807, 2.05) is 12.1 Å². The molecule has 0 saturated carbocycles. The molecule has 3 nitrogen and oxygen atoms in total. The van der Waals surface area contributed by atoms with E-state index in [-0.39, 0.29) is 6.10 Å². The minimum absolute atomic E-state index is 0.00418. The molecule has 0 spiro atoms. The SMILES string of the molecule is CSc1ccccc1OC(CCCc1ccccc1)C1=NCCN1. The largest absolute Gasteiger partial charge is 0.481 e. The average molecular weight is 340 g/mol. The minimum atomic E-state index is 0.00418. The zero-order valence-corrected chi connectivity index (χ0v) is 14.9. The number of nitrogens with one attached hydrogen (secondary N) is 1. The molecule has 24 heavy (non-hydrogen) atoms. The second-order valence-electron chi connectivity index (χ2n) is 5.83. The first kappa shape index (κ1) is 16.9. The zero-order valence-electron chi connectivity index (χ0n) is 14.1. The Morgan fingerprint density at radius 3 is 2.67 bits per heavy atom. The quantitative estimate of drug-likeness (QED) is 0.732. The molecule has 2 aromatic rings. The highest BCUT2D eigenvalue weighted by Crippen LogP contribution is 2.28. The molecule has 0 radical (unpaired) electrons. The third-order valence-electron chi connectivity index (χ3n) is 4.12. The predicted octanol–water partition coefficient (Wildman–Crippen LogP) is 4.18. The van der Waals surface area contributed by atoms with Gasteiger partial charge in [0.15, 0.2) is 6.10 Å². The number of nitrogens with zero attached hydrogens (tertiary/aromatic N) is 1. The van der Waals surface area contributed by atoms with Crippen molar-refractivity contribution >= 4 is 17.6 Å². The van der Waals surface area contributed by atoms with Crippen molar-refractivity contribution in [2.75, 3.05) is 19.3 Å². The Kier molecular flexibility index (Phi) is 6.19. The van der Waals surface area contributed by atoms with Gasteiger partial charge in [0.2, 0.25) is 0 Å². The number of hydrogen-bond donors (Lipinski definition) is 1. The first-order valence-electron chi connectivity index (χ1n) is 8.48. The fraction of sp³-hybridized carbons (Fsp3) is 0.350. The van der Waals surface area contributed by atoms with E-state index in [9.17, 15) is 0 Å². The normalized spacial score (nSPS) is 14.8. The predicted molar refractivity (Wildman–Crippen MR) is 102 cm³/mol. The van der Waals surface area contributed by atoms with Crippen molar-refractivity contribution in [1.29, 1.82) is 0 Å². The number of hydrogen-bond acceptors (Lipinski definition) is 4. The van der Waals surface area contributed by atoms with Crippen LogP contribution >= 0.6 is 11.8 Å². The summed E-state index contributed by atoms with van der Waals surface area (Å²) in [4.78, 5) is 5.76. The highest BCUT2D eigenvalue weighted by atomic mass is 32.2. The smallest absolute Gasteiger partial charge is 0.155 e. The third kappa shape index (κ3) is 4.54. The summed E-state index contributed by atoms with van der Waals surface area (Å²) >= 11 is 1.72. The molecular formula is C20H24N2OS. The van der Waals surface area contributed by atoms with Crippen LogP contribution in [0.15, 0.2) is 64.5 Å². The summed E-state index contributed by atoms with van der Waals surface area (Å²) in [5.74, 6) is 1.95. The van der Waals surface area contributed by atoms with Crippen molar-refractivity contribution in [3.63, 3.8) is 0 Å². The summed E-state index contributed by atoms with van der Waals surface area (Å²) in [7, 11) is 0. The lowest BCUT2D eigenvalue weighted by molar-refractivity contribution is 0.244. The Labute approximate surface area is 148 Å². The summed E-state index contributed by atoms with van der Waals surface area (Å²) in [5, 5.41) is 3.38. The second-order valence-corrected chi connectivity index (χ2v) is 6.68. The van der Waals surface area contributed by atoms with E-state index in [4.69, 9.17) is 4.74 Å². The van der Waals surface area contributed by atoms with Crippen molar-refractivity contribution in [2.24, 2.45) is 4.99 Å². The fourth-order valence-electron chi connectivity index (χ4n) is 2.89. The van der Waals surface area contributed by atoms with Gasteiger partial charge in [-0.05, 0) is 43.2 Å². The van der Waals surface area contributed by atoms with Gasteiger partial charge in [0.05, 0.1) is 6.54 Å². The molecule has 3 rings (SSSR count). The first-order chi connectivity index (χ1) is 11.9. The van der Waals surface area contributed by atoms with Crippen LogP contribution in [0.3, 0.4) is 0 Å². The number of aliphatic imine (C=N–C) groups is 1. The molecule has 0 bridgehead atoms. The van der Waals surface area contributed by atoms with E-state index < -0.39 is 0 Å². The Balaban J connectivity index is 1.65. The summed E-state index contributed by atoms with van der Waals surface area (Å²) in [5.41, 5.74) is 1.38. The number of amidine groups is 1.